The first kappa shape index (κ1) is 25.3. The standard InChI is InChI=1S/C27H21BrN6O3/c28-21-11-12-23(37-17-24(35)30-15-18-7-3-1-4-8-18)20(13-21)16-31-34-27-32-25(19-9-5-2-6-10-19)22(14-29)26(36)33-27/h1-13,16H,15,17H2,(H,30,35)(H2,32,33,34,36). The van der Waals surface area contributed by atoms with E-state index in [0.717, 1.165) is 10.0 Å². The zero-order valence-electron chi connectivity index (χ0n) is 19.4. The maximum atomic E-state index is 12.4. The largest absolute Gasteiger partial charge is 0.483 e. The molecule has 4 aromatic rings. The molecule has 10 heteroatoms. The van der Waals surface area contributed by atoms with E-state index < -0.39 is 5.56 Å². The Morgan fingerprint density at radius 2 is 1.84 bits per heavy atom. The van der Waals surface area contributed by atoms with E-state index in [4.69, 9.17) is 4.74 Å². The number of H-pyrrole nitrogens is 1. The lowest BCUT2D eigenvalue weighted by atomic mass is 10.1. The van der Waals surface area contributed by atoms with Crippen LogP contribution in [0.5, 0.6) is 5.75 Å². The molecule has 4 rings (SSSR count). The van der Waals surface area contributed by atoms with Gasteiger partial charge in [-0.05, 0) is 23.8 Å². The van der Waals surface area contributed by atoms with Crippen molar-refractivity contribution in [1.82, 2.24) is 15.3 Å². The Balaban J connectivity index is 1.45. The van der Waals surface area contributed by atoms with Crippen LogP contribution in [0, 0.1) is 11.3 Å². The van der Waals surface area contributed by atoms with Crippen molar-refractivity contribution in [3.63, 3.8) is 0 Å². The van der Waals surface area contributed by atoms with E-state index in [1.54, 1.807) is 42.5 Å². The molecule has 1 heterocycles. The first-order chi connectivity index (χ1) is 18.0. The van der Waals surface area contributed by atoms with Crippen LogP contribution >= 0.6 is 15.9 Å². The third-order valence-electron chi connectivity index (χ3n) is 5.12. The van der Waals surface area contributed by atoms with E-state index in [-0.39, 0.29) is 29.7 Å². The normalized spacial score (nSPS) is 10.6. The number of hydrogen-bond donors (Lipinski definition) is 3. The number of hydrazone groups is 1. The van der Waals surface area contributed by atoms with Crippen molar-refractivity contribution < 1.29 is 9.53 Å². The molecule has 3 N–H and O–H groups in total. The summed E-state index contributed by atoms with van der Waals surface area (Å²) in [6.07, 6.45) is 1.47. The van der Waals surface area contributed by atoms with Crippen LogP contribution in [0.4, 0.5) is 5.95 Å². The van der Waals surface area contributed by atoms with Gasteiger partial charge in [-0.3, -0.25) is 14.6 Å². The highest BCUT2D eigenvalue weighted by Gasteiger charge is 2.13. The number of aromatic amines is 1. The third-order valence-corrected chi connectivity index (χ3v) is 5.61. The van der Waals surface area contributed by atoms with E-state index in [0.29, 0.717) is 23.4 Å². The summed E-state index contributed by atoms with van der Waals surface area (Å²) >= 11 is 3.42. The Labute approximate surface area is 221 Å². The molecule has 0 bridgehead atoms. The molecule has 0 fully saturated rings. The van der Waals surface area contributed by atoms with Gasteiger partial charge >= 0.3 is 0 Å². The summed E-state index contributed by atoms with van der Waals surface area (Å²) < 4.78 is 6.49. The van der Waals surface area contributed by atoms with Gasteiger partial charge < -0.3 is 10.1 Å². The predicted octanol–water partition coefficient (Wildman–Crippen LogP) is 4.21. The van der Waals surface area contributed by atoms with Gasteiger partial charge in [0.15, 0.2) is 6.61 Å². The molecule has 0 atom stereocenters. The molecular weight excluding hydrogens is 536 g/mol. The van der Waals surface area contributed by atoms with Gasteiger partial charge in [0.05, 0.1) is 11.9 Å². The number of amides is 1. The van der Waals surface area contributed by atoms with Crippen LogP contribution in [-0.4, -0.2) is 28.7 Å². The number of ether oxygens (including phenoxy) is 1. The molecule has 3 aromatic carbocycles. The molecule has 37 heavy (non-hydrogen) atoms. The number of hydrogen-bond acceptors (Lipinski definition) is 7. The number of benzene rings is 3. The van der Waals surface area contributed by atoms with Gasteiger partial charge in [-0.25, -0.2) is 10.4 Å². The topological polar surface area (TPSA) is 132 Å². The van der Waals surface area contributed by atoms with Gasteiger partial charge in [0.1, 0.15) is 17.4 Å². The molecule has 0 aliphatic heterocycles. The fourth-order valence-corrected chi connectivity index (χ4v) is 3.72. The number of halogens is 1. The minimum Gasteiger partial charge on any atom is -0.483 e. The molecule has 0 aliphatic rings. The van der Waals surface area contributed by atoms with Crippen molar-refractivity contribution in [2.75, 3.05) is 12.0 Å². The number of carbonyl (C=O) groups excluding carboxylic acids is 1. The van der Waals surface area contributed by atoms with Crippen molar-refractivity contribution in [2.24, 2.45) is 5.10 Å². The summed E-state index contributed by atoms with van der Waals surface area (Å²) in [7, 11) is 0. The van der Waals surface area contributed by atoms with E-state index in [1.165, 1.54) is 6.21 Å². The molecule has 0 aliphatic carbocycles. The lowest BCUT2D eigenvalue weighted by Gasteiger charge is -2.10. The third kappa shape index (κ3) is 6.90. The monoisotopic (exact) mass is 556 g/mol. The van der Waals surface area contributed by atoms with Crippen molar-refractivity contribution in [3.05, 3.63) is 110 Å². The number of aromatic nitrogens is 2. The number of carbonyl (C=O) groups is 1. The minimum absolute atomic E-state index is 0.0665. The molecular formula is C27H21BrN6O3. The zero-order valence-corrected chi connectivity index (χ0v) is 21.0. The average molecular weight is 557 g/mol. The van der Waals surface area contributed by atoms with Crippen LogP contribution in [0.15, 0.2) is 93.2 Å². The van der Waals surface area contributed by atoms with Gasteiger partial charge in [0, 0.05) is 22.1 Å². The fourth-order valence-electron chi connectivity index (χ4n) is 3.34. The Hall–Kier alpha value is -4.75. The smallest absolute Gasteiger partial charge is 0.270 e. The summed E-state index contributed by atoms with van der Waals surface area (Å²) in [5.41, 5.74) is 4.47. The highest BCUT2D eigenvalue weighted by Crippen LogP contribution is 2.22. The van der Waals surface area contributed by atoms with E-state index >= 15 is 0 Å². The van der Waals surface area contributed by atoms with E-state index in [1.807, 2.05) is 42.5 Å². The molecule has 184 valence electrons. The lowest BCUT2D eigenvalue weighted by molar-refractivity contribution is -0.123. The molecule has 0 spiro atoms. The first-order valence-corrected chi connectivity index (χ1v) is 11.9. The second-order valence-electron chi connectivity index (χ2n) is 7.72. The molecule has 9 nitrogen and oxygen atoms in total. The highest BCUT2D eigenvalue weighted by molar-refractivity contribution is 9.10. The van der Waals surface area contributed by atoms with Gasteiger partial charge in [-0.15, -0.1) is 0 Å². The maximum Gasteiger partial charge on any atom is 0.270 e. The van der Waals surface area contributed by atoms with Crippen molar-refractivity contribution in [1.29, 1.82) is 5.26 Å². The number of anilines is 1. The Morgan fingerprint density at radius 3 is 2.57 bits per heavy atom. The summed E-state index contributed by atoms with van der Waals surface area (Å²) in [6.45, 7) is 0.232. The summed E-state index contributed by atoms with van der Waals surface area (Å²) in [5.74, 6) is 0.243. The van der Waals surface area contributed by atoms with Crippen LogP contribution in [0.2, 0.25) is 0 Å². The maximum absolute atomic E-state index is 12.4. The van der Waals surface area contributed by atoms with E-state index in [2.05, 4.69) is 41.7 Å². The Kier molecular flexibility index (Phi) is 8.41. The van der Waals surface area contributed by atoms with Crippen molar-refractivity contribution in [2.45, 2.75) is 6.54 Å². The minimum atomic E-state index is -0.581. The highest BCUT2D eigenvalue weighted by atomic mass is 79.9. The number of nitriles is 1. The van der Waals surface area contributed by atoms with Crippen molar-refractivity contribution in [3.8, 4) is 23.1 Å². The lowest BCUT2D eigenvalue weighted by Crippen LogP contribution is -2.28. The second kappa shape index (κ2) is 12.3. The second-order valence-corrected chi connectivity index (χ2v) is 8.63. The van der Waals surface area contributed by atoms with Crippen LogP contribution in [0.3, 0.4) is 0 Å². The Morgan fingerprint density at radius 1 is 1.11 bits per heavy atom. The molecule has 0 saturated heterocycles. The molecule has 0 unspecified atom stereocenters. The van der Waals surface area contributed by atoms with Crippen LogP contribution < -0.4 is 21.0 Å². The van der Waals surface area contributed by atoms with Gasteiger partial charge in [0.25, 0.3) is 11.5 Å². The van der Waals surface area contributed by atoms with Crippen molar-refractivity contribution >= 4 is 34.0 Å². The van der Waals surface area contributed by atoms with Gasteiger partial charge in [-0.1, -0.05) is 76.6 Å². The average Bonchev–Trinajstić information content (AvgIpc) is 2.92. The van der Waals surface area contributed by atoms with Crippen LogP contribution in [0.1, 0.15) is 16.7 Å². The van der Waals surface area contributed by atoms with E-state index in [9.17, 15) is 14.9 Å². The first-order valence-electron chi connectivity index (χ1n) is 11.2. The predicted molar refractivity (Wildman–Crippen MR) is 144 cm³/mol. The summed E-state index contributed by atoms with van der Waals surface area (Å²) in [4.78, 5) is 31.5. The summed E-state index contributed by atoms with van der Waals surface area (Å²) in [5, 5.41) is 16.4. The fraction of sp³-hybridized carbons (Fsp3) is 0.0741. The van der Waals surface area contributed by atoms with Gasteiger partial charge in [-0.2, -0.15) is 10.4 Å². The molecule has 1 amide bonds. The molecule has 0 radical (unpaired) electrons. The van der Waals surface area contributed by atoms with Crippen LogP contribution in [-0.2, 0) is 11.3 Å². The molecule has 0 saturated carbocycles. The molecule has 1 aromatic heterocycles. The number of rotatable bonds is 9. The van der Waals surface area contributed by atoms with Gasteiger partial charge in [0.2, 0.25) is 5.95 Å². The number of nitrogens with zero attached hydrogens (tertiary/aromatic N) is 3. The zero-order chi connectivity index (χ0) is 26.0. The number of nitrogens with one attached hydrogen (secondary N) is 3. The summed E-state index contributed by atoms with van der Waals surface area (Å²) in [6, 6.07) is 25.7. The Bertz CT molecular complexity index is 1520. The van der Waals surface area contributed by atoms with Crippen LogP contribution in [0.25, 0.3) is 11.3 Å². The SMILES string of the molecule is N#Cc1c(-c2ccccc2)nc(NN=Cc2cc(Br)ccc2OCC(=O)NCc2ccccc2)[nH]c1=O. The quantitative estimate of drug-likeness (QED) is 0.209.